The van der Waals surface area contributed by atoms with Crippen molar-refractivity contribution in [3.05, 3.63) is 0 Å². The van der Waals surface area contributed by atoms with E-state index in [-0.39, 0.29) is 5.91 Å². The molecule has 2 aliphatic heterocycles. The van der Waals surface area contributed by atoms with Crippen LogP contribution in [-0.4, -0.2) is 67.7 Å². The van der Waals surface area contributed by atoms with Gasteiger partial charge in [0.1, 0.15) is 6.04 Å². The summed E-state index contributed by atoms with van der Waals surface area (Å²) in [5, 5.41) is 0. The fraction of sp³-hybridized carbons (Fsp3) is 0.929. The maximum atomic E-state index is 12.1. The second-order valence-electron chi connectivity index (χ2n) is 5.71. The van der Waals surface area contributed by atoms with Gasteiger partial charge in [-0.15, -0.1) is 0 Å². The average Bonchev–Trinajstić information content (AvgIpc) is 2.48. The Morgan fingerprint density at radius 1 is 1.21 bits per heavy atom. The van der Waals surface area contributed by atoms with Gasteiger partial charge < -0.3 is 20.3 Å². The van der Waals surface area contributed by atoms with E-state index in [4.69, 9.17) is 10.5 Å². The molecule has 2 aliphatic rings. The Labute approximate surface area is 116 Å². The van der Waals surface area contributed by atoms with E-state index >= 15 is 0 Å². The molecule has 5 heteroatoms. The highest BCUT2D eigenvalue weighted by atomic mass is 16.5. The van der Waals surface area contributed by atoms with E-state index in [9.17, 15) is 4.79 Å². The van der Waals surface area contributed by atoms with Gasteiger partial charge >= 0.3 is 0 Å². The number of carbonyl (C=O) groups excluding carboxylic acids is 1. The Morgan fingerprint density at radius 2 is 1.84 bits per heavy atom. The van der Waals surface area contributed by atoms with Crippen molar-refractivity contribution in [2.45, 2.75) is 44.2 Å². The lowest BCUT2D eigenvalue weighted by atomic mass is 9.99. The fourth-order valence-corrected chi connectivity index (χ4v) is 3.22. The van der Waals surface area contributed by atoms with Crippen LogP contribution in [0.1, 0.15) is 32.1 Å². The van der Waals surface area contributed by atoms with Crippen LogP contribution in [0.4, 0.5) is 0 Å². The molecule has 2 saturated heterocycles. The van der Waals surface area contributed by atoms with Crippen LogP contribution in [0.2, 0.25) is 0 Å². The van der Waals surface area contributed by atoms with Gasteiger partial charge in [0.15, 0.2) is 0 Å². The van der Waals surface area contributed by atoms with Gasteiger partial charge in [-0.1, -0.05) is 6.42 Å². The summed E-state index contributed by atoms with van der Waals surface area (Å²) < 4.78 is 4.95. The first kappa shape index (κ1) is 14.8. The molecule has 2 fully saturated rings. The molecule has 1 unspecified atom stereocenters. The highest BCUT2D eigenvalue weighted by Crippen LogP contribution is 2.21. The van der Waals surface area contributed by atoms with Crippen LogP contribution in [0, 0.1) is 0 Å². The quantitative estimate of drug-likeness (QED) is 0.804. The van der Waals surface area contributed by atoms with Crippen molar-refractivity contribution in [3.8, 4) is 0 Å². The number of nitrogens with two attached hydrogens (primary N) is 1. The zero-order valence-electron chi connectivity index (χ0n) is 12.0. The van der Waals surface area contributed by atoms with Crippen molar-refractivity contribution in [1.29, 1.82) is 0 Å². The molecule has 5 nitrogen and oxygen atoms in total. The van der Waals surface area contributed by atoms with Gasteiger partial charge in [-0.05, 0) is 38.8 Å². The Morgan fingerprint density at radius 3 is 2.42 bits per heavy atom. The van der Waals surface area contributed by atoms with E-state index in [2.05, 4.69) is 4.90 Å². The van der Waals surface area contributed by atoms with Crippen molar-refractivity contribution in [3.63, 3.8) is 0 Å². The summed E-state index contributed by atoms with van der Waals surface area (Å²) in [7, 11) is 1.58. The van der Waals surface area contributed by atoms with E-state index in [1.54, 1.807) is 7.11 Å². The smallest absolute Gasteiger partial charge is 0.241 e. The van der Waals surface area contributed by atoms with E-state index in [1.807, 2.05) is 4.90 Å². The number of methoxy groups -OCH3 is 1. The molecule has 2 rings (SSSR count). The third kappa shape index (κ3) is 3.91. The molecule has 0 radical (unpaired) electrons. The number of carbonyl (C=O) groups is 1. The summed E-state index contributed by atoms with van der Waals surface area (Å²) in [4.78, 5) is 16.6. The molecule has 19 heavy (non-hydrogen) atoms. The lowest BCUT2D eigenvalue weighted by Crippen LogP contribution is -2.52. The minimum Gasteiger partial charge on any atom is -0.383 e. The minimum atomic E-state index is -0.503. The number of rotatable bonds is 4. The van der Waals surface area contributed by atoms with E-state index in [0.717, 1.165) is 25.9 Å². The lowest BCUT2D eigenvalue weighted by molar-refractivity contribution is -0.135. The van der Waals surface area contributed by atoms with Crippen molar-refractivity contribution >= 4 is 5.91 Å². The topological polar surface area (TPSA) is 58.8 Å². The van der Waals surface area contributed by atoms with Gasteiger partial charge in [0.2, 0.25) is 5.91 Å². The molecule has 0 saturated carbocycles. The average molecular weight is 269 g/mol. The van der Waals surface area contributed by atoms with Gasteiger partial charge in [0, 0.05) is 26.2 Å². The Bertz CT molecular complexity index is 284. The first-order chi connectivity index (χ1) is 9.22. The fourth-order valence-electron chi connectivity index (χ4n) is 3.22. The monoisotopic (exact) mass is 269 g/mol. The number of hydrogen-bond acceptors (Lipinski definition) is 4. The number of ether oxygens (including phenoxy) is 1. The molecule has 0 aliphatic carbocycles. The van der Waals surface area contributed by atoms with Crippen LogP contribution in [0.3, 0.4) is 0 Å². The largest absolute Gasteiger partial charge is 0.383 e. The molecule has 0 spiro atoms. The van der Waals surface area contributed by atoms with Gasteiger partial charge in [0.25, 0.3) is 0 Å². The minimum absolute atomic E-state index is 0.0407. The Hall–Kier alpha value is -0.650. The second kappa shape index (κ2) is 7.22. The van der Waals surface area contributed by atoms with Crippen LogP contribution in [-0.2, 0) is 9.53 Å². The third-order valence-corrected chi connectivity index (χ3v) is 4.35. The van der Waals surface area contributed by atoms with Gasteiger partial charge in [-0.2, -0.15) is 0 Å². The summed E-state index contributed by atoms with van der Waals surface area (Å²) >= 11 is 0. The summed E-state index contributed by atoms with van der Waals surface area (Å²) in [5.41, 5.74) is 5.81. The van der Waals surface area contributed by atoms with Crippen LogP contribution in [0.15, 0.2) is 0 Å². The predicted molar refractivity (Wildman–Crippen MR) is 74.9 cm³/mol. The zero-order valence-corrected chi connectivity index (χ0v) is 12.0. The SMILES string of the molecule is COCC(N)C(=O)N1CCC(N2CCCCC2)CC1. The molecular formula is C14H27N3O2. The molecule has 2 N–H and O–H groups in total. The van der Waals surface area contributed by atoms with Crippen molar-refractivity contribution in [2.75, 3.05) is 39.9 Å². The molecule has 1 amide bonds. The lowest BCUT2D eigenvalue weighted by Gasteiger charge is -2.40. The first-order valence-electron chi connectivity index (χ1n) is 7.49. The molecule has 2 heterocycles. The normalized spacial score (nSPS) is 24.4. The highest BCUT2D eigenvalue weighted by molar-refractivity contribution is 5.81. The van der Waals surface area contributed by atoms with Crippen LogP contribution in [0.5, 0.6) is 0 Å². The third-order valence-electron chi connectivity index (χ3n) is 4.35. The Balaban J connectivity index is 1.76. The van der Waals surface area contributed by atoms with E-state index in [1.165, 1.54) is 32.4 Å². The number of hydrogen-bond donors (Lipinski definition) is 1. The molecule has 0 aromatic heterocycles. The number of piperidine rings is 2. The molecular weight excluding hydrogens is 242 g/mol. The van der Waals surface area contributed by atoms with Crippen LogP contribution < -0.4 is 5.73 Å². The van der Waals surface area contributed by atoms with Gasteiger partial charge in [-0.3, -0.25) is 4.79 Å². The molecule has 110 valence electrons. The molecule has 0 aromatic rings. The first-order valence-corrected chi connectivity index (χ1v) is 7.49. The highest BCUT2D eigenvalue weighted by Gasteiger charge is 2.29. The molecule has 0 bridgehead atoms. The predicted octanol–water partition coefficient (Wildman–Crippen LogP) is 0.437. The van der Waals surface area contributed by atoms with E-state index in [0.29, 0.717) is 12.6 Å². The molecule has 0 aromatic carbocycles. The van der Waals surface area contributed by atoms with Crippen molar-refractivity contribution < 1.29 is 9.53 Å². The van der Waals surface area contributed by atoms with Crippen molar-refractivity contribution in [2.24, 2.45) is 5.73 Å². The Kier molecular flexibility index (Phi) is 5.60. The van der Waals surface area contributed by atoms with Gasteiger partial charge in [0.05, 0.1) is 6.61 Å². The standard InChI is InChI=1S/C14H27N3O2/c1-19-11-13(15)14(18)17-9-5-12(6-10-17)16-7-3-2-4-8-16/h12-13H,2-11,15H2,1H3. The van der Waals surface area contributed by atoms with Crippen LogP contribution >= 0.6 is 0 Å². The molecule has 1 atom stereocenters. The summed E-state index contributed by atoms with van der Waals surface area (Å²) in [6, 6.07) is 0.166. The maximum absolute atomic E-state index is 12.1. The second-order valence-corrected chi connectivity index (χ2v) is 5.71. The van der Waals surface area contributed by atoms with Crippen LogP contribution in [0.25, 0.3) is 0 Å². The number of amides is 1. The van der Waals surface area contributed by atoms with Crippen molar-refractivity contribution in [1.82, 2.24) is 9.80 Å². The number of nitrogens with zero attached hydrogens (tertiary/aromatic N) is 2. The van der Waals surface area contributed by atoms with Gasteiger partial charge in [-0.25, -0.2) is 0 Å². The zero-order chi connectivity index (χ0) is 13.7. The van der Waals surface area contributed by atoms with E-state index < -0.39 is 6.04 Å². The summed E-state index contributed by atoms with van der Waals surface area (Å²) in [6.45, 7) is 4.48. The maximum Gasteiger partial charge on any atom is 0.241 e. The number of likely N-dealkylation sites (tertiary alicyclic amines) is 2. The summed E-state index contributed by atoms with van der Waals surface area (Å²) in [6.07, 6.45) is 6.21. The summed E-state index contributed by atoms with van der Waals surface area (Å²) in [5.74, 6) is 0.0407.